The van der Waals surface area contributed by atoms with Crippen LogP contribution in [0.2, 0.25) is 0 Å². The maximum atomic E-state index is 13.0. The monoisotopic (exact) mass is 339 g/mol. The van der Waals surface area contributed by atoms with Crippen molar-refractivity contribution < 1.29 is 22.3 Å². The largest absolute Gasteiger partial charge is 0.424 e. The van der Waals surface area contributed by atoms with Crippen LogP contribution in [-0.4, -0.2) is 21.2 Å². The van der Waals surface area contributed by atoms with Gasteiger partial charge in [0.05, 0.1) is 0 Å². The molecule has 0 unspecified atom stereocenters. The van der Waals surface area contributed by atoms with Gasteiger partial charge in [-0.15, -0.1) is 5.10 Å². The van der Waals surface area contributed by atoms with Gasteiger partial charge in [0, 0.05) is 18.2 Å². The van der Waals surface area contributed by atoms with Gasteiger partial charge >= 0.3 is 6.01 Å². The minimum absolute atomic E-state index is 0.0278. The van der Waals surface area contributed by atoms with Crippen LogP contribution in [0.4, 0.5) is 17.6 Å². The lowest BCUT2D eigenvalue weighted by Gasteiger charge is -2.06. The maximum Gasteiger partial charge on any atom is 0.321 e. The zero-order valence-corrected chi connectivity index (χ0v) is 10.7. The Bertz CT molecular complexity index is 570. The summed E-state index contributed by atoms with van der Waals surface area (Å²) in [7, 11) is 0. The number of aromatic nitrogens is 3. The molecule has 102 valence electrons. The van der Waals surface area contributed by atoms with Crippen molar-refractivity contribution in [2.75, 3.05) is 0 Å². The second-order valence-corrected chi connectivity index (χ2v) is 4.15. The molecular weight excluding hydrogens is 334 g/mol. The molecule has 19 heavy (non-hydrogen) atoms. The van der Waals surface area contributed by atoms with Gasteiger partial charge in [0.1, 0.15) is 23.9 Å². The molecule has 0 bridgehead atoms. The summed E-state index contributed by atoms with van der Waals surface area (Å²) in [6, 6.07) is 2.17. The van der Waals surface area contributed by atoms with Crippen molar-refractivity contribution in [3.8, 4) is 11.8 Å². The lowest BCUT2D eigenvalue weighted by Crippen LogP contribution is -2.09. The number of hydrogen-bond acceptors (Lipinski definition) is 3. The summed E-state index contributed by atoms with van der Waals surface area (Å²) in [6.07, 6.45) is -2.67. The lowest BCUT2D eigenvalue weighted by atomic mass is 10.3. The van der Waals surface area contributed by atoms with E-state index in [0.29, 0.717) is 6.07 Å². The van der Waals surface area contributed by atoms with E-state index in [1.165, 1.54) is 0 Å². The molecular formula is C10H6BrF4N3O. The van der Waals surface area contributed by atoms with E-state index >= 15 is 0 Å². The average Bonchev–Trinajstić information content (AvgIpc) is 2.56. The summed E-state index contributed by atoms with van der Waals surface area (Å²) < 4.78 is 56.4. The van der Waals surface area contributed by atoms with Gasteiger partial charge in [-0.3, -0.25) is 0 Å². The fourth-order valence-corrected chi connectivity index (χ4v) is 1.66. The zero-order chi connectivity index (χ0) is 14.0. The highest BCUT2D eigenvalue weighted by Crippen LogP contribution is 2.23. The van der Waals surface area contributed by atoms with Crippen LogP contribution in [0, 0.1) is 11.6 Å². The quantitative estimate of drug-likeness (QED) is 0.802. The molecule has 0 radical (unpaired) electrons. The second kappa shape index (κ2) is 5.55. The van der Waals surface area contributed by atoms with E-state index in [0.717, 1.165) is 16.8 Å². The molecule has 1 heterocycles. The molecule has 0 saturated heterocycles. The molecule has 0 aliphatic carbocycles. The standard InChI is InChI=1S/C10H6BrF4N3O/c11-9-16-10(18(17-9)4-8(14)15)19-7-2-5(12)1-6(13)3-7/h1-3,8H,4H2. The minimum Gasteiger partial charge on any atom is -0.424 e. The predicted molar refractivity (Wildman–Crippen MR) is 60.2 cm³/mol. The number of hydrogen-bond donors (Lipinski definition) is 0. The van der Waals surface area contributed by atoms with Crippen LogP contribution in [0.15, 0.2) is 22.9 Å². The van der Waals surface area contributed by atoms with E-state index in [2.05, 4.69) is 26.0 Å². The lowest BCUT2D eigenvalue weighted by molar-refractivity contribution is 0.117. The highest BCUT2D eigenvalue weighted by molar-refractivity contribution is 9.10. The number of alkyl halides is 2. The van der Waals surface area contributed by atoms with E-state index in [1.807, 2.05) is 0 Å². The van der Waals surface area contributed by atoms with Crippen LogP contribution in [0.1, 0.15) is 0 Å². The van der Waals surface area contributed by atoms with Crippen LogP contribution < -0.4 is 4.74 Å². The molecule has 0 N–H and O–H groups in total. The van der Waals surface area contributed by atoms with Crippen LogP contribution in [0.5, 0.6) is 11.8 Å². The van der Waals surface area contributed by atoms with Gasteiger partial charge in [-0.1, -0.05) is 0 Å². The Balaban J connectivity index is 2.27. The van der Waals surface area contributed by atoms with Gasteiger partial charge < -0.3 is 4.74 Å². The van der Waals surface area contributed by atoms with Crippen molar-refractivity contribution in [1.29, 1.82) is 0 Å². The molecule has 1 aromatic heterocycles. The van der Waals surface area contributed by atoms with Gasteiger partial charge in [0.15, 0.2) is 0 Å². The van der Waals surface area contributed by atoms with Gasteiger partial charge in [0.25, 0.3) is 6.43 Å². The molecule has 0 atom stereocenters. The molecule has 0 amide bonds. The Kier molecular flexibility index (Phi) is 4.03. The fraction of sp³-hybridized carbons (Fsp3) is 0.200. The third kappa shape index (κ3) is 3.66. The van der Waals surface area contributed by atoms with Crippen molar-refractivity contribution in [1.82, 2.24) is 14.8 Å². The summed E-state index contributed by atoms with van der Waals surface area (Å²) in [5.41, 5.74) is 0. The summed E-state index contributed by atoms with van der Waals surface area (Å²) >= 11 is 2.90. The molecule has 0 fully saturated rings. The van der Waals surface area contributed by atoms with E-state index in [9.17, 15) is 17.6 Å². The molecule has 2 aromatic rings. The number of halogens is 5. The minimum atomic E-state index is -2.67. The van der Waals surface area contributed by atoms with Crippen molar-refractivity contribution in [2.24, 2.45) is 0 Å². The van der Waals surface area contributed by atoms with E-state index in [-0.39, 0.29) is 16.5 Å². The van der Waals surface area contributed by atoms with E-state index in [4.69, 9.17) is 4.74 Å². The Morgan fingerprint density at radius 3 is 2.42 bits per heavy atom. The zero-order valence-electron chi connectivity index (χ0n) is 9.16. The number of ether oxygens (including phenoxy) is 1. The van der Waals surface area contributed by atoms with Crippen LogP contribution >= 0.6 is 15.9 Å². The average molecular weight is 340 g/mol. The smallest absolute Gasteiger partial charge is 0.321 e. The molecule has 1 aromatic carbocycles. The number of rotatable bonds is 4. The molecule has 9 heteroatoms. The normalized spacial score (nSPS) is 11.1. The highest BCUT2D eigenvalue weighted by Gasteiger charge is 2.15. The highest BCUT2D eigenvalue weighted by atomic mass is 79.9. The van der Waals surface area contributed by atoms with Crippen molar-refractivity contribution in [2.45, 2.75) is 13.0 Å². The van der Waals surface area contributed by atoms with E-state index < -0.39 is 24.6 Å². The maximum absolute atomic E-state index is 13.0. The van der Waals surface area contributed by atoms with Gasteiger partial charge in [-0.25, -0.2) is 22.2 Å². The van der Waals surface area contributed by atoms with Crippen molar-refractivity contribution in [3.05, 3.63) is 34.6 Å². The molecule has 4 nitrogen and oxygen atoms in total. The molecule has 2 rings (SSSR count). The summed E-state index contributed by atoms with van der Waals surface area (Å²) in [5.74, 6) is -1.91. The predicted octanol–water partition coefficient (Wildman–Crippen LogP) is 3.38. The fourth-order valence-electron chi connectivity index (χ4n) is 1.32. The summed E-state index contributed by atoms with van der Waals surface area (Å²) in [4.78, 5) is 3.69. The Morgan fingerprint density at radius 1 is 1.21 bits per heavy atom. The first-order valence-electron chi connectivity index (χ1n) is 4.96. The van der Waals surface area contributed by atoms with Gasteiger partial charge in [-0.2, -0.15) is 4.98 Å². The van der Waals surface area contributed by atoms with Crippen molar-refractivity contribution >= 4 is 15.9 Å². The van der Waals surface area contributed by atoms with Gasteiger partial charge in [0.2, 0.25) is 4.73 Å². The van der Waals surface area contributed by atoms with Gasteiger partial charge in [-0.05, 0) is 15.9 Å². The van der Waals surface area contributed by atoms with E-state index in [1.54, 1.807) is 0 Å². The Hall–Kier alpha value is -1.64. The van der Waals surface area contributed by atoms with Crippen molar-refractivity contribution in [3.63, 3.8) is 0 Å². The number of benzene rings is 1. The third-order valence-electron chi connectivity index (χ3n) is 1.97. The summed E-state index contributed by atoms with van der Waals surface area (Å²) in [6.45, 7) is -0.744. The molecule has 0 spiro atoms. The third-order valence-corrected chi connectivity index (χ3v) is 2.30. The first kappa shape index (κ1) is 13.8. The molecule has 0 saturated carbocycles. The van der Waals surface area contributed by atoms with Crippen LogP contribution in [-0.2, 0) is 6.54 Å². The van der Waals surface area contributed by atoms with Crippen LogP contribution in [0.3, 0.4) is 0 Å². The Morgan fingerprint density at radius 2 is 1.84 bits per heavy atom. The van der Waals surface area contributed by atoms with Crippen LogP contribution in [0.25, 0.3) is 0 Å². The number of nitrogens with zero attached hydrogens (tertiary/aromatic N) is 3. The topological polar surface area (TPSA) is 39.9 Å². The molecule has 0 aliphatic rings. The first-order valence-corrected chi connectivity index (χ1v) is 5.76. The summed E-state index contributed by atoms with van der Waals surface area (Å²) in [5, 5.41) is 3.62. The molecule has 0 aliphatic heterocycles. The second-order valence-electron chi connectivity index (χ2n) is 3.44. The Labute approximate surface area is 113 Å². The SMILES string of the molecule is Fc1cc(F)cc(Oc2nc(Br)nn2CC(F)F)c1. The first-order chi connectivity index (χ1) is 8.94.